The second kappa shape index (κ2) is 5.54. The molecule has 0 radical (unpaired) electrons. The van der Waals surface area contributed by atoms with Crippen molar-refractivity contribution in [1.82, 2.24) is 4.98 Å². The zero-order valence-electron chi connectivity index (χ0n) is 10.6. The van der Waals surface area contributed by atoms with Crippen molar-refractivity contribution in [2.24, 2.45) is 0 Å². The minimum Gasteiger partial charge on any atom is -0.360 e. The molecule has 1 heterocycles. The number of rotatable bonds is 3. The van der Waals surface area contributed by atoms with Crippen LogP contribution in [0.15, 0.2) is 24.4 Å². The fraction of sp³-hybridized carbons (Fsp3) is 0.400. The summed E-state index contributed by atoms with van der Waals surface area (Å²) in [7, 11) is 0. The molecule has 0 bridgehead atoms. The van der Waals surface area contributed by atoms with Crippen LogP contribution in [-0.4, -0.2) is 11.5 Å². The van der Waals surface area contributed by atoms with Gasteiger partial charge < -0.3 is 4.98 Å². The highest BCUT2D eigenvalue weighted by atomic mass is 14.7. The Morgan fingerprint density at radius 1 is 1.29 bits per heavy atom. The Hall–Kier alpha value is -1.75. The molecule has 0 amide bonds. The van der Waals surface area contributed by atoms with Crippen LogP contribution in [0.25, 0.3) is 15.7 Å². The maximum absolute atomic E-state index is 4.33. The van der Waals surface area contributed by atoms with Gasteiger partial charge in [-0.15, -0.1) is 0 Å². The Bertz CT molecular complexity index is 555. The largest absolute Gasteiger partial charge is 0.360 e. The van der Waals surface area contributed by atoms with Gasteiger partial charge in [-0.1, -0.05) is 30.8 Å². The van der Waals surface area contributed by atoms with Crippen LogP contribution in [-0.2, 0) is 6.42 Å². The van der Waals surface area contributed by atoms with Gasteiger partial charge in [0, 0.05) is 23.5 Å². The summed E-state index contributed by atoms with van der Waals surface area (Å²) in [6.45, 7) is 5.22. The predicted molar refractivity (Wildman–Crippen MR) is 73.8 cm³/mol. The normalized spacial score (nSPS) is 10.2. The van der Waals surface area contributed by atoms with E-state index in [-0.39, 0.29) is 0 Å². The van der Waals surface area contributed by atoms with Crippen molar-refractivity contribution >= 4 is 10.9 Å². The van der Waals surface area contributed by atoms with Gasteiger partial charge in [0.1, 0.15) is 5.56 Å². The van der Waals surface area contributed by atoms with Gasteiger partial charge >= 0.3 is 6.07 Å². The molecule has 2 nitrogen and oxygen atoms in total. The molecule has 0 fully saturated rings. The summed E-state index contributed by atoms with van der Waals surface area (Å²) in [4.78, 5) is 7.61. The maximum Gasteiger partial charge on any atom is 0.313 e. The summed E-state index contributed by atoms with van der Waals surface area (Å²) in [5, 5.41) is 1.21. The fourth-order valence-corrected chi connectivity index (χ4v) is 1.86. The lowest BCUT2D eigenvalue weighted by molar-refractivity contribution is 0.859. The van der Waals surface area contributed by atoms with E-state index in [1.807, 2.05) is 6.20 Å². The number of nitrogens with zero attached hydrogens (tertiary/aromatic N) is 1. The van der Waals surface area contributed by atoms with Gasteiger partial charge in [0.25, 0.3) is 6.54 Å². The number of nitrogens with one attached hydrogen (secondary N) is 1. The Morgan fingerprint density at radius 3 is 2.94 bits per heavy atom. The molecule has 0 saturated carbocycles. The van der Waals surface area contributed by atoms with Crippen molar-refractivity contribution in [3.8, 4) is 6.07 Å². The van der Waals surface area contributed by atoms with Crippen molar-refractivity contribution in [2.45, 2.75) is 33.1 Å². The molecule has 1 N–H and O–H groups in total. The van der Waals surface area contributed by atoms with Gasteiger partial charge in [0.2, 0.25) is 0 Å². The van der Waals surface area contributed by atoms with Crippen molar-refractivity contribution in [2.75, 3.05) is 6.54 Å². The molecule has 0 saturated heterocycles. The predicted octanol–water partition coefficient (Wildman–Crippen LogP) is 4.21. The van der Waals surface area contributed by atoms with E-state index < -0.39 is 0 Å². The Balaban J connectivity index is 2.26. The molecule has 0 aliphatic carbocycles. The molecule has 0 unspecified atom stereocenters. The van der Waals surface area contributed by atoms with E-state index in [0.29, 0.717) is 0 Å². The number of benzene rings is 1. The van der Waals surface area contributed by atoms with Gasteiger partial charge in [-0.25, -0.2) is 0 Å². The Morgan fingerprint density at radius 2 is 2.18 bits per heavy atom. The number of aromatic amines is 1. The molecule has 2 rings (SSSR count). The third-order valence-corrected chi connectivity index (χ3v) is 2.98. The van der Waals surface area contributed by atoms with E-state index in [4.69, 9.17) is 0 Å². The van der Waals surface area contributed by atoms with Crippen LogP contribution in [0.4, 0.5) is 0 Å². The van der Waals surface area contributed by atoms with E-state index in [1.165, 1.54) is 22.9 Å². The smallest absolute Gasteiger partial charge is 0.313 e. The monoisotopic (exact) mass is 227 g/mol. The van der Waals surface area contributed by atoms with E-state index in [1.54, 1.807) is 0 Å². The number of unbranched alkanes of at least 4 members (excludes halogenated alkanes) is 1. The molecule has 2 heteroatoms. The summed E-state index contributed by atoms with van der Waals surface area (Å²) in [6, 6.07) is 9.66. The van der Waals surface area contributed by atoms with E-state index in [2.05, 4.69) is 47.9 Å². The first-order chi connectivity index (χ1) is 8.35. The first-order valence-electron chi connectivity index (χ1n) is 6.37. The maximum atomic E-state index is 4.33. The molecular formula is C15H19N2+. The standard InChI is InChI=1S/C15H18N2/c1-3-5-8-16-10-13-11-17-15-9-12(4-2)6-7-14(13)15/h6-7,9,11H,3-5,8H2,1-2H3/p+1. The third-order valence-electron chi connectivity index (χ3n) is 2.98. The molecule has 0 aliphatic heterocycles. The molecule has 88 valence electrons. The van der Waals surface area contributed by atoms with Crippen molar-refractivity contribution in [3.05, 3.63) is 40.4 Å². The second-order valence-corrected chi connectivity index (χ2v) is 4.28. The Labute approximate surface area is 102 Å². The van der Waals surface area contributed by atoms with Gasteiger partial charge in [-0.2, -0.15) is 0 Å². The van der Waals surface area contributed by atoms with E-state index in [9.17, 15) is 0 Å². The molecule has 1 aromatic heterocycles. The van der Waals surface area contributed by atoms with Crippen LogP contribution < -0.4 is 0 Å². The lowest BCUT2D eigenvalue weighted by Gasteiger charge is -1.95. The highest BCUT2D eigenvalue weighted by Gasteiger charge is 2.05. The van der Waals surface area contributed by atoms with E-state index in [0.717, 1.165) is 24.9 Å². The molecule has 1 aromatic carbocycles. The first kappa shape index (κ1) is 11.7. The number of H-pyrrole nitrogens is 1. The summed E-state index contributed by atoms with van der Waals surface area (Å²) in [5.74, 6) is 0. The van der Waals surface area contributed by atoms with Gasteiger partial charge in [-0.05, 0) is 24.5 Å². The molecular weight excluding hydrogens is 208 g/mol. The van der Waals surface area contributed by atoms with Crippen LogP contribution in [0, 0.1) is 6.07 Å². The minimum atomic E-state index is 0.871. The number of hydrogen-bond acceptors (Lipinski definition) is 0. The average Bonchev–Trinajstić information content (AvgIpc) is 2.77. The molecule has 0 atom stereocenters. The molecule has 0 spiro atoms. The molecule has 2 aromatic rings. The van der Waals surface area contributed by atoms with Gasteiger partial charge in [0.15, 0.2) is 0 Å². The topological polar surface area (TPSA) is 20.1 Å². The van der Waals surface area contributed by atoms with Crippen LogP contribution in [0.5, 0.6) is 0 Å². The Kier molecular flexibility index (Phi) is 3.82. The SMILES string of the molecule is CCCC[N+]#Cc1c[nH]c2cc(CC)ccc12. The van der Waals surface area contributed by atoms with Crippen molar-refractivity contribution < 1.29 is 0 Å². The second-order valence-electron chi connectivity index (χ2n) is 4.28. The zero-order valence-corrected chi connectivity index (χ0v) is 10.6. The first-order valence-corrected chi connectivity index (χ1v) is 6.37. The van der Waals surface area contributed by atoms with Crippen molar-refractivity contribution in [1.29, 1.82) is 0 Å². The van der Waals surface area contributed by atoms with Crippen molar-refractivity contribution in [3.63, 3.8) is 0 Å². The number of aryl methyl sites for hydroxylation is 1. The zero-order chi connectivity index (χ0) is 12.1. The minimum absolute atomic E-state index is 0.871. The average molecular weight is 227 g/mol. The molecule has 17 heavy (non-hydrogen) atoms. The van der Waals surface area contributed by atoms with Crippen LogP contribution in [0.1, 0.15) is 37.8 Å². The van der Waals surface area contributed by atoms with Gasteiger partial charge in [-0.3, -0.25) is 0 Å². The third kappa shape index (κ3) is 2.68. The van der Waals surface area contributed by atoms with Crippen LogP contribution >= 0.6 is 0 Å². The van der Waals surface area contributed by atoms with Crippen LogP contribution in [0.3, 0.4) is 0 Å². The highest BCUT2D eigenvalue weighted by molar-refractivity contribution is 5.86. The summed E-state index contributed by atoms with van der Waals surface area (Å²) in [5.41, 5.74) is 3.60. The van der Waals surface area contributed by atoms with Crippen LogP contribution in [0.2, 0.25) is 0 Å². The number of aromatic nitrogens is 1. The lowest BCUT2D eigenvalue weighted by Crippen LogP contribution is -1.79. The fourth-order valence-electron chi connectivity index (χ4n) is 1.86. The van der Waals surface area contributed by atoms with Gasteiger partial charge in [0.05, 0.1) is 0 Å². The quantitative estimate of drug-likeness (QED) is 0.758. The molecule has 0 aliphatic rings. The summed E-state index contributed by atoms with van der Waals surface area (Å²) in [6.07, 6.45) is 5.37. The lowest BCUT2D eigenvalue weighted by atomic mass is 10.1. The highest BCUT2D eigenvalue weighted by Crippen LogP contribution is 2.19. The summed E-state index contributed by atoms with van der Waals surface area (Å²) >= 11 is 0. The number of fused-ring (bicyclic) bond motifs is 1. The number of hydrogen-bond donors (Lipinski definition) is 1. The van der Waals surface area contributed by atoms with E-state index >= 15 is 0 Å². The summed E-state index contributed by atoms with van der Waals surface area (Å²) < 4.78 is 0.